The first kappa shape index (κ1) is 13.1. The van der Waals surface area contributed by atoms with Crippen molar-refractivity contribution in [2.75, 3.05) is 0 Å². The number of hydrogen-bond acceptors (Lipinski definition) is 3. The van der Waals surface area contributed by atoms with Gasteiger partial charge in [-0.25, -0.2) is 4.79 Å². The van der Waals surface area contributed by atoms with E-state index in [0.717, 1.165) is 10.4 Å². The van der Waals surface area contributed by atoms with Crippen LogP contribution in [-0.2, 0) is 16.1 Å². The Morgan fingerprint density at radius 1 is 1.22 bits per heavy atom. The summed E-state index contributed by atoms with van der Waals surface area (Å²) in [5, 5.41) is 1.96. The topological polar surface area (TPSA) is 26.3 Å². The predicted octanol–water partition coefficient (Wildman–Crippen LogP) is 4.23. The summed E-state index contributed by atoms with van der Waals surface area (Å²) < 4.78 is 5.62. The minimum absolute atomic E-state index is 0.285. The highest BCUT2D eigenvalue weighted by molar-refractivity contribution is 9.12. The average molecular weight is 323 g/mol. The molecule has 1 aromatic carbocycles. The Balaban J connectivity index is 1.92. The molecule has 2 rings (SSSR count). The van der Waals surface area contributed by atoms with Crippen LogP contribution in [0.25, 0.3) is 6.08 Å². The predicted molar refractivity (Wildman–Crippen MR) is 77.5 cm³/mol. The van der Waals surface area contributed by atoms with E-state index in [1.54, 1.807) is 17.4 Å². The van der Waals surface area contributed by atoms with E-state index in [1.807, 2.05) is 47.8 Å². The van der Waals surface area contributed by atoms with Gasteiger partial charge in [-0.05, 0) is 39.0 Å². The Bertz CT molecular complexity index is 532. The first-order valence-electron chi connectivity index (χ1n) is 5.37. The lowest BCUT2D eigenvalue weighted by Crippen LogP contribution is -2.03. The molecule has 0 radical (unpaired) electrons. The van der Waals surface area contributed by atoms with Crippen LogP contribution in [0.4, 0.5) is 0 Å². The summed E-state index contributed by atoms with van der Waals surface area (Å²) in [4.78, 5) is 12.7. The molecule has 2 aromatic rings. The Kier molecular flexibility index (Phi) is 4.73. The SMILES string of the molecule is O=C(OCc1ccccc1)/C(Br)=C\c1cccs1. The molecule has 1 aromatic heterocycles. The van der Waals surface area contributed by atoms with Gasteiger partial charge in [-0.3, -0.25) is 0 Å². The van der Waals surface area contributed by atoms with Gasteiger partial charge in [-0.1, -0.05) is 36.4 Å². The van der Waals surface area contributed by atoms with Crippen LogP contribution in [0.2, 0.25) is 0 Å². The van der Waals surface area contributed by atoms with Gasteiger partial charge in [0.1, 0.15) is 11.1 Å². The molecule has 0 bridgehead atoms. The van der Waals surface area contributed by atoms with E-state index in [9.17, 15) is 4.79 Å². The average Bonchev–Trinajstić information content (AvgIpc) is 2.90. The quantitative estimate of drug-likeness (QED) is 0.622. The molecular formula is C14H11BrO2S. The molecule has 0 spiro atoms. The summed E-state index contributed by atoms with van der Waals surface area (Å²) in [6, 6.07) is 13.5. The second kappa shape index (κ2) is 6.52. The van der Waals surface area contributed by atoms with Gasteiger partial charge in [-0.2, -0.15) is 0 Å². The van der Waals surface area contributed by atoms with Gasteiger partial charge < -0.3 is 4.74 Å². The maximum Gasteiger partial charge on any atom is 0.345 e. The minimum atomic E-state index is -0.354. The number of thiophene rings is 1. The Hall–Kier alpha value is -1.39. The Morgan fingerprint density at radius 2 is 2.00 bits per heavy atom. The number of ether oxygens (including phenoxy) is 1. The van der Waals surface area contributed by atoms with Crippen molar-refractivity contribution in [3.05, 3.63) is 62.8 Å². The third-order valence-corrected chi connectivity index (χ3v) is 3.59. The van der Waals surface area contributed by atoms with Gasteiger partial charge in [-0.15, -0.1) is 11.3 Å². The van der Waals surface area contributed by atoms with Crippen molar-refractivity contribution >= 4 is 39.3 Å². The van der Waals surface area contributed by atoms with Crippen molar-refractivity contribution in [1.29, 1.82) is 0 Å². The third kappa shape index (κ3) is 3.82. The zero-order valence-corrected chi connectivity index (χ0v) is 11.9. The third-order valence-electron chi connectivity index (χ3n) is 2.22. The van der Waals surface area contributed by atoms with Crippen LogP contribution in [-0.4, -0.2) is 5.97 Å². The van der Waals surface area contributed by atoms with E-state index in [0.29, 0.717) is 4.48 Å². The fourth-order valence-corrected chi connectivity index (χ4v) is 2.52. The molecule has 4 heteroatoms. The first-order valence-corrected chi connectivity index (χ1v) is 7.05. The molecule has 0 unspecified atom stereocenters. The second-order valence-corrected chi connectivity index (χ2v) is 5.40. The van der Waals surface area contributed by atoms with Crippen molar-refractivity contribution < 1.29 is 9.53 Å². The van der Waals surface area contributed by atoms with E-state index in [-0.39, 0.29) is 12.6 Å². The van der Waals surface area contributed by atoms with Crippen LogP contribution in [0.15, 0.2) is 52.3 Å². The summed E-state index contributed by atoms with van der Waals surface area (Å²) in [7, 11) is 0. The monoisotopic (exact) mass is 322 g/mol. The van der Waals surface area contributed by atoms with Crippen LogP contribution in [0, 0.1) is 0 Å². The van der Waals surface area contributed by atoms with Crippen LogP contribution in [0.3, 0.4) is 0 Å². The fourth-order valence-electron chi connectivity index (χ4n) is 1.35. The van der Waals surface area contributed by atoms with Gasteiger partial charge >= 0.3 is 5.97 Å². The van der Waals surface area contributed by atoms with Gasteiger partial charge in [0.05, 0.1) is 0 Å². The number of rotatable bonds is 4. The van der Waals surface area contributed by atoms with Gasteiger partial charge in [0.25, 0.3) is 0 Å². The van der Waals surface area contributed by atoms with Gasteiger partial charge in [0, 0.05) is 4.88 Å². The number of esters is 1. The molecule has 0 N–H and O–H groups in total. The molecule has 2 nitrogen and oxygen atoms in total. The summed E-state index contributed by atoms with van der Waals surface area (Å²) >= 11 is 4.80. The van der Waals surface area contributed by atoms with E-state index in [1.165, 1.54) is 0 Å². The fraction of sp³-hybridized carbons (Fsp3) is 0.0714. The molecule has 0 aliphatic carbocycles. The maximum absolute atomic E-state index is 11.7. The Morgan fingerprint density at radius 3 is 2.67 bits per heavy atom. The summed E-state index contributed by atoms with van der Waals surface area (Å²) in [5.41, 5.74) is 0.974. The lowest BCUT2D eigenvalue weighted by molar-refractivity contribution is -0.139. The molecule has 18 heavy (non-hydrogen) atoms. The maximum atomic E-state index is 11.7. The minimum Gasteiger partial charge on any atom is -0.457 e. The molecule has 0 saturated carbocycles. The zero-order chi connectivity index (χ0) is 12.8. The molecule has 92 valence electrons. The van der Waals surface area contributed by atoms with Crippen molar-refractivity contribution in [2.24, 2.45) is 0 Å². The van der Waals surface area contributed by atoms with E-state index >= 15 is 0 Å². The number of hydrogen-bond donors (Lipinski definition) is 0. The Labute approximate surface area is 118 Å². The molecule has 0 aliphatic rings. The van der Waals surface area contributed by atoms with Crippen molar-refractivity contribution in [2.45, 2.75) is 6.61 Å². The number of carbonyl (C=O) groups is 1. The molecule has 0 atom stereocenters. The van der Waals surface area contributed by atoms with Crippen molar-refractivity contribution in [3.63, 3.8) is 0 Å². The largest absolute Gasteiger partial charge is 0.457 e. The summed E-state index contributed by atoms with van der Waals surface area (Å²) in [5.74, 6) is -0.354. The lowest BCUT2D eigenvalue weighted by atomic mass is 10.2. The highest BCUT2D eigenvalue weighted by atomic mass is 79.9. The molecule has 1 heterocycles. The van der Waals surface area contributed by atoms with Crippen LogP contribution in [0.1, 0.15) is 10.4 Å². The highest BCUT2D eigenvalue weighted by Crippen LogP contribution is 2.18. The van der Waals surface area contributed by atoms with Gasteiger partial charge in [0.2, 0.25) is 0 Å². The van der Waals surface area contributed by atoms with E-state index < -0.39 is 0 Å². The molecule has 0 aliphatic heterocycles. The van der Waals surface area contributed by atoms with Gasteiger partial charge in [0.15, 0.2) is 0 Å². The highest BCUT2D eigenvalue weighted by Gasteiger charge is 2.08. The van der Waals surface area contributed by atoms with Crippen LogP contribution < -0.4 is 0 Å². The van der Waals surface area contributed by atoms with Crippen LogP contribution in [0.5, 0.6) is 0 Å². The standard InChI is InChI=1S/C14H11BrO2S/c15-13(9-12-7-4-8-18-12)14(16)17-10-11-5-2-1-3-6-11/h1-9H,10H2/b13-9+. The number of carbonyl (C=O) groups excluding carboxylic acids is 1. The summed E-state index contributed by atoms with van der Waals surface area (Å²) in [6.07, 6.45) is 1.76. The van der Waals surface area contributed by atoms with Crippen molar-refractivity contribution in [3.8, 4) is 0 Å². The normalized spacial score (nSPS) is 11.3. The lowest BCUT2D eigenvalue weighted by Gasteiger charge is -2.03. The smallest absolute Gasteiger partial charge is 0.345 e. The zero-order valence-electron chi connectivity index (χ0n) is 9.51. The first-order chi connectivity index (χ1) is 8.75. The number of halogens is 1. The van der Waals surface area contributed by atoms with Crippen molar-refractivity contribution in [1.82, 2.24) is 0 Å². The summed E-state index contributed by atoms with van der Waals surface area (Å²) in [6.45, 7) is 0.285. The molecule has 0 saturated heterocycles. The molecular weight excluding hydrogens is 312 g/mol. The van der Waals surface area contributed by atoms with Crippen LogP contribution >= 0.6 is 27.3 Å². The molecule has 0 amide bonds. The van der Waals surface area contributed by atoms with E-state index in [4.69, 9.17) is 4.74 Å². The number of benzene rings is 1. The molecule has 0 fully saturated rings. The second-order valence-electron chi connectivity index (χ2n) is 3.57. The van der Waals surface area contributed by atoms with E-state index in [2.05, 4.69) is 15.9 Å².